The van der Waals surface area contributed by atoms with Crippen LogP contribution in [0.5, 0.6) is 0 Å². The number of guanidine groups is 1. The summed E-state index contributed by atoms with van der Waals surface area (Å²) < 4.78 is 0. The van der Waals surface area contributed by atoms with E-state index in [9.17, 15) is 0 Å². The lowest BCUT2D eigenvalue weighted by Crippen LogP contribution is -2.43. The normalized spacial score (nSPS) is 11.7. The summed E-state index contributed by atoms with van der Waals surface area (Å²) in [6.07, 6.45) is 4.63. The summed E-state index contributed by atoms with van der Waals surface area (Å²) in [5.41, 5.74) is 1.32. The quantitative estimate of drug-likeness (QED) is 0.408. The van der Waals surface area contributed by atoms with Crippen LogP contribution in [-0.4, -0.2) is 31.1 Å². The van der Waals surface area contributed by atoms with Crippen LogP contribution in [0.3, 0.4) is 0 Å². The second-order valence-corrected chi connectivity index (χ2v) is 6.77. The first kappa shape index (κ1) is 19.9. The highest BCUT2D eigenvalue weighted by Crippen LogP contribution is 2.26. The second-order valence-electron chi connectivity index (χ2n) is 5.83. The number of hydrogen-bond acceptors (Lipinski definition) is 3. The van der Waals surface area contributed by atoms with Crippen LogP contribution >= 0.6 is 35.3 Å². The molecule has 2 rings (SSSR count). The Labute approximate surface area is 159 Å². The molecule has 6 heteroatoms. The van der Waals surface area contributed by atoms with E-state index in [1.165, 1.54) is 10.4 Å². The van der Waals surface area contributed by atoms with Crippen molar-refractivity contribution in [3.8, 4) is 0 Å². The number of thiophene rings is 1. The highest BCUT2D eigenvalue weighted by Gasteiger charge is 2.21. The minimum absolute atomic E-state index is 0. The number of pyridine rings is 1. The van der Waals surface area contributed by atoms with Gasteiger partial charge in [-0.15, -0.1) is 35.3 Å². The van der Waals surface area contributed by atoms with Gasteiger partial charge in [0.2, 0.25) is 0 Å². The molecule has 0 amide bonds. The number of aliphatic imine (C=N–C) groups is 1. The zero-order chi connectivity index (χ0) is 15.8. The molecule has 126 valence electrons. The van der Waals surface area contributed by atoms with E-state index in [-0.39, 0.29) is 29.4 Å². The van der Waals surface area contributed by atoms with E-state index in [1.807, 2.05) is 12.3 Å². The molecule has 2 heterocycles. The van der Waals surface area contributed by atoms with Crippen LogP contribution in [0.1, 0.15) is 24.3 Å². The molecule has 0 bridgehead atoms. The first-order chi connectivity index (χ1) is 10.6. The third-order valence-corrected chi connectivity index (χ3v) is 4.77. The van der Waals surface area contributed by atoms with E-state index in [0.717, 1.165) is 25.5 Å². The fourth-order valence-corrected chi connectivity index (χ4v) is 3.00. The molecule has 0 unspecified atom stereocenters. The predicted molar refractivity (Wildman–Crippen MR) is 110 cm³/mol. The molecule has 0 saturated heterocycles. The molecule has 23 heavy (non-hydrogen) atoms. The molecule has 0 aromatic carbocycles. The van der Waals surface area contributed by atoms with Crippen molar-refractivity contribution in [3.63, 3.8) is 0 Å². The van der Waals surface area contributed by atoms with Crippen LogP contribution in [-0.2, 0) is 11.8 Å². The number of nitrogens with one attached hydrogen (secondary N) is 2. The second kappa shape index (κ2) is 9.87. The molecule has 0 aliphatic heterocycles. The van der Waals surface area contributed by atoms with Crippen LogP contribution < -0.4 is 10.6 Å². The zero-order valence-electron chi connectivity index (χ0n) is 13.9. The lowest BCUT2D eigenvalue weighted by atomic mass is 9.91. The minimum atomic E-state index is 0. The maximum Gasteiger partial charge on any atom is 0.191 e. The van der Waals surface area contributed by atoms with E-state index >= 15 is 0 Å². The highest BCUT2D eigenvalue weighted by molar-refractivity contribution is 14.0. The SMILES string of the molecule is CN=C(NCCc1cccnc1)NCC(C)(C)c1cccs1.I. The zero-order valence-corrected chi connectivity index (χ0v) is 17.0. The van der Waals surface area contributed by atoms with Gasteiger partial charge in [0, 0.05) is 42.8 Å². The van der Waals surface area contributed by atoms with Crippen molar-refractivity contribution in [2.24, 2.45) is 4.99 Å². The van der Waals surface area contributed by atoms with E-state index < -0.39 is 0 Å². The average molecular weight is 444 g/mol. The van der Waals surface area contributed by atoms with E-state index in [2.05, 4.69) is 58.0 Å². The lowest BCUT2D eigenvalue weighted by molar-refractivity contribution is 0.518. The Hall–Kier alpha value is -1.15. The Morgan fingerprint density at radius 1 is 1.26 bits per heavy atom. The fourth-order valence-electron chi connectivity index (χ4n) is 2.15. The largest absolute Gasteiger partial charge is 0.356 e. The lowest BCUT2D eigenvalue weighted by Gasteiger charge is -2.25. The van der Waals surface area contributed by atoms with Crippen LogP contribution in [0.25, 0.3) is 0 Å². The summed E-state index contributed by atoms with van der Waals surface area (Å²) in [6.45, 7) is 6.17. The van der Waals surface area contributed by atoms with Crippen molar-refractivity contribution < 1.29 is 0 Å². The molecule has 0 aliphatic rings. The minimum Gasteiger partial charge on any atom is -0.356 e. The van der Waals surface area contributed by atoms with Crippen LogP contribution in [0, 0.1) is 0 Å². The average Bonchev–Trinajstić information content (AvgIpc) is 3.07. The monoisotopic (exact) mass is 444 g/mol. The van der Waals surface area contributed by atoms with Crippen molar-refractivity contribution in [1.29, 1.82) is 0 Å². The van der Waals surface area contributed by atoms with Gasteiger partial charge in [-0.1, -0.05) is 26.0 Å². The van der Waals surface area contributed by atoms with Gasteiger partial charge < -0.3 is 10.6 Å². The fraction of sp³-hybridized carbons (Fsp3) is 0.412. The van der Waals surface area contributed by atoms with Gasteiger partial charge in [0.05, 0.1) is 0 Å². The summed E-state index contributed by atoms with van der Waals surface area (Å²) in [5.74, 6) is 0.841. The molecule has 2 aromatic rings. The summed E-state index contributed by atoms with van der Waals surface area (Å²) in [7, 11) is 1.80. The third kappa shape index (κ3) is 6.47. The molecule has 0 aliphatic carbocycles. The summed E-state index contributed by atoms with van der Waals surface area (Å²) in [5, 5.41) is 8.89. The smallest absolute Gasteiger partial charge is 0.191 e. The Kier molecular flexibility index (Phi) is 8.54. The standard InChI is InChI=1S/C17H24N4S.HI/c1-17(2,15-7-5-11-22-15)13-21-16(18-3)20-10-8-14-6-4-9-19-12-14;/h4-7,9,11-12H,8,10,13H2,1-3H3,(H2,18,20,21);1H. The van der Waals surface area contributed by atoms with Gasteiger partial charge >= 0.3 is 0 Å². The first-order valence-corrected chi connectivity index (χ1v) is 8.37. The van der Waals surface area contributed by atoms with Gasteiger partial charge in [0.25, 0.3) is 0 Å². The van der Waals surface area contributed by atoms with Crippen molar-refractivity contribution in [2.45, 2.75) is 25.7 Å². The molecule has 0 fully saturated rings. The van der Waals surface area contributed by atoms with Crippen LogP contribution in [0.2, 0.25) is 0 Å². The Morgan fingerprint density at radius 2 is 2.09 bits per heavy atom. The molecule has 2 N–H and O–H groups in total. The van der Waals surface area contributed by atoms with Crippen LogP contribution in [0.4, 0.5) is 0 Å². The molecule has 4 nitrogen and oxygen atoms in total. The van der Waals surface area contributed by atoms with Gasteiger partial charge in [-0.2, -0.15) is 0 Å². The maximum atomic E-state index is 4.29. The highest BCUT2D eigenvalue weighted by atomic mass is 127. The van der Waals surface area contributed by atoms with Crippen molar-refractivity contribution in [1.82, 2.24) is 15.6 Å². The number of nitrogens with zero attached hydrogens (tertiary/aromatic N) is 2. The molecule has 0 saturated carbocycles. The van der Waals surface area contributed by atoms with Crippen LogP contribution in [0.15, 0.2) is 47.0 Å². The molecule has 2 aromatic heterocycles. The van der Waals surface area contributed by atoms with Gasteiger partial charge in [0.15, 0.2) is 5.96 Å². The summed E-state index contributed by atoms with van der Waals surface area (Å²) in [4.78, 5) is 9.79. The predicted octanol–water partition coefficient (Wildman–Crippen LogP) is 3.45. The van der Waals surface area contributed by atoms with Gasteiger partial charge in [0.1, 0.15) is 0 Å². The summed E-state index contributed by atoms with van der Waals surface area (Å²) in [6, 6.07) is 8.34. The van der Waals surface area contributed by atoms with Crippen molar-refractivity contribution in [3.05, 3.63) is 52.5 Å². The molecular weight excluding hydrogens is 419 g/mol. The van der Waals surface area contributed by atoms with Crippen molar-refractivity contribution in [2.75, 3.05) is 20.1 Å². The number of halogens is 1. The number of rotatable bonds is 6. The third-order valence-electron chi connectivity index (χ3n) is 3.54. The number of aromatic nitrogens is 1. The Balaban J connectivity index is 0.00000264. The van der Waals surface area contributed by atoms with Crippen molar-refractivity contribution >= 4 is 41.3 Å². The van der Waals surface area contributed by atoms with Gasteiger partial charge in [-0.05, 0) is 29.5 Å². The van der Waals surface area contributed by atoms with Gasteiger partial charge in [-0.3, -0.25) is 9.98 Å². The van der Waals surface area contributed by atoms with E-state index in [1.54, 1.807) is 24.6 Å². The molecule has 0 radical (unpaired) electrons. The Bertz CT molecular complexity index is 582. The topological polar surface area (TPSA) is 49.3 Å². The Morgan fingerprint density at radius 3 is 2.70 bits per heavy atom. The summed E-state index contributed by atoms with van der Waals surface area (Å²) >= 11 is 1.80. The first-order valence-electron chi connectivity index (χ1n) is 7.49. The van der Waals surface area contributed by atoms with E-state index in [0.29, 0.717) is 0 Å². The molecular formula is C17H25IN4S. The molecule has 0 atom stereocenters. The number of hydrogen-bond donors (Lipinski definition) is 2. The van der Waals surface area contributed by atoms with Gasteiger partial charge in [-0.25, -0.2) is 0 Å². The molecule has 0 spiro atoms. The van der Waals surface area contributed by atoms with E-state index in [4.69, 9.17) is 0 Å². The maximum absolute atomic E-state index is 4.29.